The molecule has 1 saturated carbocycles. The Bertz CT molecular complexity index is 1240. The SMILES string of the molecule is Cc1cc(SCc2sc(-c3ccc(C(F)(F)F)cc3)nc2CNC2CCC(C)CC2)ccc1OCC(=O)O. The van der Waals surface area contributed by atoms with Crippen LogP contribution in [0.25, 0.3) is 10.6 Å². The summed E-state index contributed by atoms with van der Waals surface area (Å²) < 4.78 is 44.4. The Hall–Kier alpha value is -2.56. The van der Waals surface area contributed by atoms with E-state index in [1.807, 2.05) is 19.1 Å². The number of rotatable bonds is 10. The van der Waals surface area contributed by atoms with Gasteiger partial charge in [0.2, 0.25) is 0 Å². The summed E-state index contributed by atoms with van der Waals surface area (Å²) in [6.07, 6.45) is 0.315. The van der Waals surface area contributed by atoms with Crippen molar-refractivity contribution in [2.45, 2.75) is 68.9 Å². The summed E-state index contributed by atoms with van der Waals surface area (Å²) in [7, 11) is 0. The van der Waals surface area contributed by atoms with Crippen LogP contribution in [0.1, 0.15) is 54.3 Å². The fourth-order valence-electron chi connectivity index (χ4n) is 4.43. The first-order chi connectivity index (χ1) is 18.1. The maximum Gasteiger partial charge on any atom is 0.416 e. The summed E-state index contributed by atoms with van der Waals surface area (Å²) in [6, 6.07) is 11.2. The van der Waals surface area contributed by atoms with E-state index < -0.39 is 24.3 Å². The van der Waals surface area contributed by atoms with Gasteiger partial charge in [0.25, 0.3) is 0 Å². The zero-order valence-corrected chi connectivity index (χ0v) is 22.9. The number of carboxylic acids is 1. The molecule has 1 fully saturated rings. The number of thioether (sulfide) groups is 1. The topological polar surface area (TPSA) is 71.5 Å². The smallest absolute Gasteiger partial charge is 0.416 e. The molecule has 0 saturated heterocycles. The minimum absolute atomic E-state index is 0.392. The van der Waals surface area contributed by atoms with Gasteiger partial charge in [-0.05, 0) is 74.4 Å². The van der Waals surface area contributed by atoms with E-state index in [1.54, 1.807) is 17.8 Å². The van der Waals surface area contributed by atoms with Crippen molar-refractivity contribution in [2.75, 3.05) is 6.61 Å². The normalized spacial score (nSPS) is 17.9. The van der Waals surface area contributed by atoms with Gasteiger partial charge in [0, 0.05) is 33.7 Å². The van der Waals surface area contributed by atoms with E-state index in [2.05, 4.69) is 12.2 Å². The highest BCUT2D eigenvalue weighted by atomic mass is 32.2. The Morgan fingerprint density at radius 2 is 1.87 bits per heavy atom. The van der Waals surface area contributed by atoms with E-state index in [1.165, 1.54) is 36.3 Å². The number of alkyl halides is 3. The molecule has 10 heteroatoms. The molecule has 2 N–H and O–H groups in total. The Kier molecular flexibility index (Phi) is 9.38. The minimum atomic E-state index is -4.37. The third kappa shape index (κ3) is 7.74. The van der Waals surface area contributed by atoms with Crippen molar-refractivity contribution in [3.8, 4) is 16.3 Å². The highest BCUT2D eigenvalue weighted by molar-refractivity contribution is 7.98. The molecule has 2 aromatic carbocycles. The van der Waals surface area contributed by atoms with Crippen LogP contribution in [0.5, 0.6) is 5.75 Å². The largest absolute Gasteiger partial charge is 0.482 e. The first kappa shape index (κ1) is 28.4. The van der Waals surface area contributed by atoms with Crippen molar-refractivity contribution in [3.63, 3.8) is 0 Å². The van der Waals surface area contributed by atoms with Crippen LogP contribution < -0.4 is 10.1 Å². The van der Waals surface area contributed by atoms with Crippen molar-refractivity contribution >= 4 is 29.1 Å². The Morgan fingerprint density at radius 1 is 1.16 bits per heavy atom. The number of hydrogen-bond donors (Lipinski definition) is 2. The third-order valence-corrected chi connectivity index (χ3v) is 9.03. The summed E-state index contributed by atoms with van der Waals surface area (Å²) in [4.78, 5) is 17.7. The lowest BCUT2D eigenvalue weighted by molar-refractivity contribution is -0.139. The maximum absolute atomic E-state index is 13.0. The minimum Gasteiger partial charge on any atom is -0.482 e. The second-order valence-corrected chi connectivity index (χ2v) is 11.8. The number of aliphatic carboxylic acids is 1. The molecule has 1 aliphatic rings. The molecule has 1 heterocycles. The molecule has 0 amide bonds. The number of nitrogens with one attached hydrogen (secondary N) is 1. The van der Waals surface area contributed by atoms with Gasteiger partial charge in [-0.25, -0.2) is 9.78 Å². The molecule has 1 aromatic heterocycles. The summed E-state index contributed by atoms with van der Waals surface area (Å²) in [5.74, 6) is 0.924. The number of carboxylic acid groups (broad SMARTS) is 1. The lowest BCUT2D eigenvalue weighted by atomic mass is 9.87. The van der Waals surface area contributed by atoms with E-state index in [0.717, 1.165) is 51.9 Å². The van der Waals surface area contributed by atoms with Gasteiger partial charge < -0.3 is 15.2 Å². The van der Waals surface area contributed by atoms with Gasteiger partial charge in [0.1, 0.15) is 10.8 Å². The number of halogens is 3. The second kappa shape index (κ2) is 12.5. The Labute approximate surface area is 228 Å². The van der Waals surface area contributed by atoms with E-state index in [4.69, 9.17) is 14.8 Å². The fraction of sp³-hybridized carbons (Fsp3) is 0.429. The van der Waals surface area contributed by atoms with Crippen LogP contribution in [0.2, 0.25) is 0 Å². The molecule has 1 aliphatic carbocycles. The Morgan fingerprint density at radius 3 is 2.50 bits per heavy atom. The summed E-state index contributed by atoms with van der Waals surface area (Å²) in [5, 5.41) is 13.2. The first-order valence-electron chi connectivity index (χ1n) is 12.6. The Balaban J connectivity index is 1.50. The van der Waals surface area contributed by atoms with Crippen molar-refractivity contribution in [2.24, 2.45) is 5.92 Å². The summed E-state index contributed by atoms with van der Waals surface area (Å²) in [5.41, 5.74) is 1.77. The molecule has 0 atom stereocenters. The van der Waals surface area contributed by atoms with Crippen molar-refractivity contribution in [1.29, 1.82) is 0 Å². The molecule has 5 nitrogen and oxygen atoms in total. The van der Waals surface area contributed by atoms with Crippen molar-refractivity contribution in [1.82, 2.24) is 10.3 Å². The molecule has 0 spiro atoms. The van der Waals surface area contributed by atoms with Crippen molar-refractivity contribution in [3.05, 3.63) is 64.2 Å². The summed E-state index contributed by atoms with van der Waals surface area (Å²) in [6.45, 7) is 4.39. The number of thiazole rings is 1. The van der Waals surface area contributed by atoms with Gasteiger partial charge in [0.15, 0.2) is 6.61 Å². The predicted octanol–water partition coefficient (Wildman–Crippen LogP) is 7.56. The first-order valence-corrected chi connectivity index (χ1v) is 14.4. The molecule has 38 heavy (non-hydrogen) atoms. The molecule has 3 aromatic rings. The number of aryl methyl sites for hydroxylation is 1. The van der Waals surface area contributed by atoms with Gasteiger partial charge in [-0.2, -0.15) is 13.2 Å². The van der Waals surface area contributed by atoms with E-state index in [0.29, 0.717) is 34.7 Å². The third-order valence-electron chi connectivity index (χ3n) is 6.68. The zero-order chi connectivity index (χ0) is 27.3. The predicted molar refractivity (Wildman–Crippen MR) is 145 cm³/mol. The lowest BCUT2D eigenvalue weighted by Crippen LogP contribution is -2.32. The van der Waals surface area contributed by atoms with Crippen LogP contribution in [0, 0.1) is 12.8 Å². The molecule has 0 aliphatic heterocycles. The van der Waals surface area contributed by atoms with Crippen molar-refractivity contribution < 1.29 is 27.8 Å². The number of benzene rings is 2. The van der Waals surface area contributed by atoms with Crippen LogP contribution in [-0.2, 0) is 23.3 Å². The van der Waals surface area contributed by atoms with Gasteiger partial charge in [0.05, 0.1) is 11.3 Å². The van der Waals surface area contributed by atoms with Gasteiger partial charge in [-0.1, -0.05) is 19.1 Å². The standard InChI is InChI=1S/C28H31F3N2O3S2/c1-17-3-9-21(10-4-17)32-14-23-25(16-37-22-11-12-24(18(2)13-22)36-15-26(34)35)38-27(33-23)19-5-7-20(8-6-19)28(29,30)31/h5-8,11-13,17,21,32H,3-4,9-10,14-16H2,1-2H3,(H,34,35). The average molecular weight is 565 g/mol. The van der Waals surface area contributed by atoms with Crippen LogP contribution in [0.3, 0.4) is 0 Å². The number of nitrogens with zero attached hydrogens (tertiary/aromatic N) is 1. The monoisotopic (exact) mass is 564 g/mol. The number of hydrogen-bond acceptors (Lipinski definition) is 6. The molecule has 4 rings (SSSR count). The van der Waals surface area contributed by atoms with Gasteiger partial charge in [-0.15, -0.1) is 23.1 Å². The maximum atomic E-state index is 13.0. The summed E-state index contributed by atoms with van der Waals surface area (Å²) >= 11 is 3.14. The van der Waals surface area contributed by atoms with E-state index in [9.17, 15) is 18.0 Å². The number of carbonyl (C=O) groups is 1. The van der Waals surface area contributed by atoms with Crippen LogP contribution in [0.15, 0.2) is 47.4 Å². The number of ether oxygens (including phenoxy) is 1. The molecular weight excluding hydrogens is 533 g/mol. The molecule has 0 radical (unpaired) electrons. The molecule has 0 bridgehead atoms. The fourth-order valence-corrected chi connectivity index (χ4v) is 6.61. The zero-order valence-electron chi connectivity index (χ0n) is 21.3. The number of aromatic nitrogens is 1. The molecule has 0 unspecified atom stereocenters. The highest BCUT2D eigenvalue weighted by Gasteiger charge is 2.30. The molecule has 204 valence electrons. The quantitative estimate of drug-likeness (QED) is 0.248. The van der Waals surface area contributed by atoms with Gasteiger partial charge in [-0.3, -0.25) is 0 Å². The van der Waals surface area contributed by atoms with E-state index >= 15 is 0 Å². The lowest BCUT2D eigenvalue weighted by Gasteiger charge is -2.26. The van der Waals surface area contributed by atoms with Crippen LogP contribution in [-0.4, -0.2) is 28.7 Å². The van der Waals surface area contributed by atoms with Gasteiger partial charge >= 0.3 is 12.1 Å². The van der Waals surface area contributed by atoms with E-state index in [-0.39, 0.29) is 0 Å². The van der Waals surface area contributed by atoms with Crippen LogP contribution >= 0.6 is 23.1 Å². The average Bonchev–Trinajstić information content (AvgIpc) is 3.29. The second-order valence-electron chi connectivity index (χ2n) is 9.70. The highest BCUT2D eigenvalue weighted by Crippen LogP contribution is 2.36. The molecular formula is C28H31F3N2O3S2. The van der Waals surface area contributed by atoms with Crippen LogP contribution in [0.4, 0.5) is 13.2 Å².